The number of fused-ring (bicyclic) bond motifs is 1. The quantitative estimate of drug-likeness (QED) is 0.773. The third kappa shape index (κ3) is 4.14. The van der Waals surface area contributed by atoms with Crippen LogP contribution in [0.25, 0.3) is 0 Å². The monoisotopic (exact) mass is 389 g/mol. The molecule has 144 valence electrons. The first-order valence-corrected chi connectivity index (χ1v) is 9.13. The van der Waals surface area contributed by atoms with Gasteiger partial charge < -0.3 is 19.1 Å². The van der Waals surface area contributed by atoms with Gasteiger partial charge in [-0.25, -0.2) is 0 Å². The normalized spacial score (nSPS) is 15.1. The lowest BCUT2D eigenvalue weighted by Gasteiger charge is -2.40. The second-order valence-corrected chi connectivity index (χ2v) is 7.68. The minimum atomic E-state index is -0.205. The highest BCUT2D eigenvalue weighted by molar-refractivity contribution is 6.30. The minimum absolute atomic E-state index is 0.0136. The van der Waals surface area contributed by atoms with E-state index in [1.165, 1.54) is 5.56 Å². The summed E-state index contributed by atoms with van der Waals surface area (Å²) in [5.41, 5.74) is 2.02. The van der Waals surface area contributed by atoms with Crippen molar-refractivity contribution in [3.05, 3.63) is 52.5 Å². The van der Waals surface area contributed by atoms with Gasteiger partial charge in [0, 0.05) is 23.5 Å². The molecule has 0 bridgehead atoms. The summed E-state index contributed by atoms with van der Waals surface area (Å²) in [6, 6.07) is 10.9. The summed E-state index contributed by atoms with van der Waals surface area (Å²) < 4.78 is 16.5. The van der Waals surface area contributed by atoms with Crippen molar-refractivity contribution < 1.29 is 19.0 Å². The van der Waals surface area contributed by atoms with Crippen LogP contribution in [0.1, 0.15) is 25.0 Å². The van der Waals surface area contributed by atoms with Crippen LogP contribution in [0.2, 0.25) is 5.02 Å². The van der Waals surface area contributed by atoms with Crippen LogP contribution in [0, 0.1) is 0 Å². The highest BCUT2D eigenvalue weighted by Crippen LogP contribution is 2.40. The molecule has 0 radical (unpaired) electrons. The van der Waals surface area contributed by atoms with E-state index >= 15 is 0 Å². The maximum Gasteiger partial charge on any atom is 0.260 e. The third-order valence-corrected chi connectivity index (χ3v) is 5.07. The van der Waals surface area contributed by atoms with Crippen molar-refractivity contribution in [3.63, 3.8) is 0 Å². The van der Waals surface area contributed by atoms with Crippen LogP contribution >= 0.6 is 11.6 Å². The van der Waals surface area contributed by atoms with Gasteiger partial charge in [-0.1, -0.05) is 25.4 Å². The molecule has 0 aromatic heterocycles. The number of rotatable bonds is 5. The maximum atomic E-state index is 12.7. The molecule has 2 aromatic rings. The predicted octanol–water partition coefficient (Wildman–Crippen LogP) is 4.06. The van der Waals surface area contributed by atoms with Crippen LogP contribution < -0.4 is 14.2 Å². The molecular weight excluding hydrogens is 366 g/mol. The number of halogens is 1. The van der Waals surface area contributed by atoms with Gasteiger partial charge in [-0.05, 0) is 47.5 Å². The molecule has 1 aliphatic heterocycles. The van der Waals surface area contributed by atoms with Crippen molar-refractivity contribution in [1.82, 2.24) is 4.90 Å². The van der Waals surface area contributed by atoms with E-state index in [1.54, 1.807) is 38.5 Å². The van der Waals surface area contributed by atoms with Crippen LogP contribution in [0.5, 0.6) is 17.2 Å². The molecule has 3 rings (SSSR count). The van der Waals surface area contributed by atoms with Crippen molar-refractivity contribution in [1.29, 1.82) is 0 Å². The van der Waals surface area contributed by atoms with Crippen LogP contribution in [0.4, 0.5) is 0 Å². The van der Waals surface area contributed by atoms with Gasteiger partial charge >= 0.3 is 0 Å². The fourth-order valence-corrected chi connectivity index (χ4v) is 3.58. The zero-order valence-corrected chi connectivity index (χ0v) is 16.8. The summed E-state index contributed by atoms with van der Waals surface area (Å²) in [7, 11) is 3.24. The summed E-state index contributed by atoms with van der Waals surface area (Å²) in [4.78, 5) is 14.6. The highest BCUT2D eigenvalue weighted by Gasteiger charge is 2.35. The number of ether oxygens (including phenoxy) is 3. The smallest absolute Gasteiger partial charge is 0.260 e. The molecule has 0 spiro atoms. The SMILES string of the molecule is COc1cc2c(cc1OC)C(C)(C)CN(C(=O)COc1ccc(Cl)cc1)C2. The first-order valence-electron chi connectivity index (χ1n) is 8.75. The molecule has 1 heterocycles. The first-order chi connectivity index (χ1) is 12.8. The Morgan fingerprint density at radius 3 is 2.37 bits per heavy atom. The fourth-order valence-electron chi connectivity index (χ4n) is 3.45. The summed E-state index contributed by atoms with van der Waals surface area (Å²) in [6.07, 6.45) is 0. The molecule has 2 aromatic carbocycles. The standard InChI is InChI=1S/C21H24ClNO4/c1-21(2)13-23(20(24)12-27-16-7-5-15(22)6-8-16)11-14-9-18(25-3)19(26-4)10-17(14)21/h5-10H,11-13H2,1-4H3. The van der Waals surface area contributed by atoms with Gasteiger partial charge in [0.1, 0.15) is 5.75 Å². The molecule has 0 N–H and O–H groups in total. The van der Waals surface area contributed by atoms with Gasteiger partial charge in [-0.2, -0.15) is 0 Å². The zero-order valence-electron chi connectivity index (χ0n) is 16.0. The first kappa shape index (κ1) is 19.4. The second kappa shape index (κ2) is 7.69. The summed E-state index contributed by atoms with van der Waals surface area (Å²) >= 11 is 5.87. The number of nitrogens with zero attached hydrogens (tertiary/aromatic N) is 1. The van der Waals surface area contributed by atoms with E-state index in [4.69, 9.17) is 25.8 Å². The van der Waals surface area contributed by atoms with Crippen molar-refractivity contribution in [3.8, 4) is 17.2 Å². The Kier molecular flexibility index (Phi) is 5.51. The number of amides is 1. The van der Waals surface area contributed by atoms with Crippen LogP contribution in [0.3, 0.4) is 0 Å². The second-order valence-electron chi connectivity index (χ2n) is 7.24. The van der Waals surface area contributed by atoms with Crippen molar-refractivity contribution in [2.75, 3.05) is 27.4 Å². The van der Waals surface area contributed by atoms with Crippen molar-refractivity contribution in [2.45, 2.75) is 25.8 Å². The Bertz CT molecular complexity index is 833. The Morgan fingerprint density at radius 1 is 1.11 bits per heavy atom. The van der Waals surface area contributed by atoms with Gasteiger partial charge in [0.2, 0.25) is 0 Å². The number of hydrogen-bond acceptors (Lipinski definition) is 4. The van der Waals surface area contributed by atoms with E-state index in [2.05, 4.69) is 13.8 Å². The molecule has 0 saturated heterocycles. The molecule has 0 aliphatic carbocycles. The summed E-state index contributed by atoms with van der Waals surface area (Å²) in [5, 5.41) is 0.632. The number of carbonyl (C=O) groups excluding carboxylic acids is 1. The predicted molar refractivity (Wildman–Crippen MR) is 105 cm³/mol. The van der Waals surface area contributed by atoms with E-state index in [0.717, 1.165) is 5.56 Å². The molecule has 0 unspecified atom stereocenters. The third-order valence-electron chi connectivity index (χ3n) is 4.81. The zero-order chi connectivity index (χ0) is 19.6. The molecule has 1 aliphatic rings. The lowest BCUT2D eigenvalue weighted by atomic mass is 9.78. The average molecular weight is 390 g/mol. The van der Waals surface area contributed by atoms with Gasteiger partial charge in [0.05, 0.1) is 14.2 Å². The van der Waals surface area contributed by atoms with Crippen molar-refractivity contribution in [2.24, 2.45) is 0 Å². The molecule has 0 saturated carbocycles. The topological polar surface area (TPSA) is 48.0 Å². The number of benzene rings is 2. The van der Waals surface area contributed by atoms with Gasteiger partial charge in [0.15, 0.2) is 18.1 Å². The highest BCUT2D eigenvalue weighted by atomic mass is 35.5. The minimum Gasteiger partial charge on any atom is -0.493 e. The van der Waals surface area contributed by atoms with Crippen LogP contribution in [-0.4, -0.2) is 38.2 Å². The number of hydrogen-bond donors (Lipinski definition) is 0. The average Bonchev–Trinajstić information content (AvgIpc) is 2.65. The molecular formula is C21H24ClNO4. The Morgan fingerprint density at radius 2 is 1.74 bits per heavy atom. The van der Waals surface area contributed by atoms with Gasteiger partial charge in [-0.3, -0.25) is 4.79 Å². The number of carbonyl (C=O) groups is 1. The maximum absolute atomic E-state index is 12.7. The molecule has 5 nitrogen and oxygen atoms in total. The molecule has 27 heavy (non-hydrogen) atoms. The Labute approximate surface area is 164 Å². The largest absolute Gasteiger partial charge is 0.493 e. The van der Waals surface area contributed by atoms with Gasteiger partial charge in [-0.15, -0.1) is 0 Å². The lowest BCUT2D eigenvalue weighted by molar-refractivity contribution is -0.135. The van der Waals surface area contributed by atoms with E-state index < -0.39 is 0 Å². The Balaban J connectivity index is 1.77. The molecule has 6 heteroatoms. The summed E-state index contributed by atoms with van der Waals surface area (Å²) in [5.74, 6) is 1.93. The van der Waals surface area contributed by atoms with E-state index in [9.17, 15) is 4.79 Å². The van der Waals surface area contributed by atoms with E-state index in [1.807, 2.05) is 17.0 Å². The fraction of sp³-hybridized carbons (Fsp3) is 0.381. The van der Waals surface area contributed by atoms with Crippen LogP contribution in [-0.2, 0) is 16.8 Å². The summed E-state index contributed by atoms with van der Waals surface area (Å²) in [6.45, 7) is 5.36. The number of methoxy groups -OCH3 is 2. The Hall–Kier alpha value is -2.40. The molecule has 0 fully saturated rings. The van der Waals surface area contributed by atoms with Crippen molar-refractivity contribution >= 4 is 17.5 Å². The lowest BCUT2D eigenvalue weighted by Crippen LogP contribution is -2.46. The van der Waals surface area contributed by atoms with E-state index in [0.29, 0.717) is 35.4 Å². The molecule has 0 atom stereocenters. The van der Waals surface area contributed by atoms with E-state index in [-0.39, 0.29) is 17.9 Å². The molecule has 1 amide bonds. The van der Waals surface area contributed by atoms with Gasteiger partial charge in [0.25, 0.3) is 5.91 Å². The van der Waals surface area contributed by atoms with Crippen LogP contribution in [0.15, 0.2) is 36.4 Å².